The number of nitrogens with zero attached hydrogens (tertiary/aromatic N) is 1. The highest BCUT2D eigenvalue weighted by atomic mass is 32.1. The van der Waals surface area contributed by atoms with Crippen molar-refractivity contribution in [2.45, 2.75) is 13.3 Å². The van der Waals surface area contributed by atoms with E-state index in [0.29, 0.717) is 22.7 Å². The molecule has 1 aromatic heterocycles. The Labute approximate surface area is 102 Å². The molecule has 0 aliphatic carbocycles. The van der Waals surface area contributed by atoms with Gasteiger partial charge in [-0.1, -0.05) is 6.08 Å². The van der Waals surface area contributed by atoms with Crippen molar-refractivity contribution in [1.29, 1.82) is 0 Å². The molecule has 0 saturated heterocycles. The number of amidine groups is 1. The number of hydrogen-bond acceptors (Lipinski definition) is 4. The molecule has 0 unspecified atom stereocenters. The third kappa shape index (κ3) is 2.41. The van der Waals surface area contributed by atoms with Gasteiger partial charge in [-0.05, 0) is 23.9 Å². The van der Waals surface area contributed by atoms with Gasteiger partial charge in [0.2, 0.25) is 0 Å². The first-order valence-electron chi connectivity index (χ1n) is 5.05. The second-order valence-electron chi connectivity index (χ2n) is 3.53. The zero-order valence-corrected chi connectivity index (χ0v) is 10.0. The van der Waals surface area contributed by atoms with Crippen molar-refractivity contribution in [2.24, 2.45) is 4.99 Å². The highest BCUT2D eigenvalue weighted by Crippen LogP contribution is 2.16. The van der Waals surface area contributed by atoms with Gasteiger partial charge in [-0.3, -0.25) is 4.79 Å². The molecule has 1 aromatic rings. The Balaban J connectivity index is 2.19. The highest BCUT2D eigenvalue weighted by Gasteiger charge is 2.16. The number of hydrogen-bond donors (Lipinski definition) is 1. The Bertz CT molecular complexity index is 563. The molecule has 0 bridgehead atoms. The molecule has 0 aromatic carbocycles. The first-order chi connectivity index (χ1) is 8.22. The molecule has 0 fully saturated rings. The summed E-state index contributed by atoms with van der Waals surface area (Å²) in [5.74, 6) is 1.85. The Hall–Kier alpha value is -1.97. The van der Waals surface area contributed by atoms with E-state index in [0.717, 1.165) is 5.56 Å². The molecule has 1 aliphatic rings. The van der Waals surface area contributed by atoms with Crippen LogP contribution in [0.1, 0.15) is 21.7 Å². The molecule has 86 valence electrons. The van der Waals surface area contributed by atoms with Crippen molar-refractivity contribution >= 4 is 29.0 Å². The minimum absolute atomic E-state index is 0.237. The van der Waals surface area contributed by atoms with E-state index in [2.05, 4.69) is 10.3 Å². The predicted octanol–water partition coefficient (Wildman–Crippen LogP) is 1.86. The highest BCUT2D eigenvalue weighted by molar-refractivity contribution is 7.12. The maximum absolute atomic E-state index is 11.9. The SMILES string of the molecule is Cc1ccsc1C(=O)NC1=NC=CCC1=C=O. The number of carbonyl (C=O) groups excluding carboxylic acids is 2. The van der Waals surface area contributed by atoms with Gasteiger partial charge in [-0.25, -0.2) is 9.79 Å². The van der Waals surface area contributed by atoms with Gasteiger partial charge in [0.05, 0.1) is 10.5 Å². The average Bonchev–Trinajstić information content (AvgIpc) is 2.76. The Kier molecular flexibility index (Phi) is 3.32. The van der Waals surface area contributed by atoms with Gasteiger partial charge >= 0.3 is 0 Å². The minimum atomic E-state index is -0.237. The number of amides is 1. The number of aliphatic imine (C=N–C) groups is 1. The topological polar surface area (TPSA) is 58.5 Å². The number of carbonyl (C=O) groups is 1. The molecular weight excluding hydrogens is 236 g/mol. The molecule has 1 amide bonds. The van der Waals surface area contributed by atoms with Crippen molar-refractivity contribution in [1.82, 2.24) is 5.32 Å². The summed E-state index contributed by atoms with van der Waals surface area (Å²) in [7, 11) is 0. The van der Waals surface area contributed by atoms with Gasteiger partial charge < -0.3 is 5.32 Å². The number of nitrogens with one attached hydrogen (secondary N) is 1. The standard InChI is InChI=1S/C12H10N2O2S/c1-8-4-6-17-10(8)12(16)14-11-9(7-15)3-2-5-13-11/h2,4-6H,3H2,1H3,(H,13,14,16). The van der Waals surface area contributed by atoms with Crippen molar-refractivity contribution < 1.29 is 9.59 Å². The zero-order valence-electron chi connectivity index (χ0n) is 9.19. The monoisotopic (exact) mass is 246 g/mol. The molecule has 17 heavy (non-hydrogen) atoms. The van der Waals surface area contributed by atoms with Gasteiger partial charge in [0.15, 0.2) is 0 Å². The van der Waals surface area contributed by atoms with Crippen LogP contribution in [0.25, 0.3) is 0 Å². The molecule has 5 heteroatoms. The Morgan fingerprint density at radius 2 is 2.41 bits per heavy atom. The van der Waals surface area contributed by atoms with Gasteiger partial charge in [0, 0.05) is 12.6 Å². The van der Waals surface area contributed by atoms with E-state index in [1.54, 1.807) is 18.2 Å². The molecule has 1 N–H and O–H groups in total. The van der Waals surface area contributed by atoms with E-state index in [4.69, 9.17) is 0 Å². The summed E-state index contributed by atoms with van der Waals surface area (Å²) in [5.41, 5.74) is 1.28. The van der Waals surface area contributed by atoms with E-state index < -0.39 is 0 Å². The van der Waals surface area contributed by atoms with Crippen molar-refractivity contribution in [3.63, 3.8) is 0 Å². The second kappa shape index (κ2) is 4.91. The summed E-state index contributed by atoms with van der Waals surface area (Å²) >= 11 is 1.36. The quantitative estimate of drug-likeness (QED) is 0.769. The third-order valence-corrected chi connectivity index (χ3v) is 3.36. The fourth-order valence-electron chi connectivity index (χ4n) is 1.44. The van der Waals surface area contributed by atoms with E-state index >= 15 is 0 Å². The van der Waals surface area contributed by atoms with Crippen LogP contribution in [0.3, 0.4) is 0 Å². The van der Waals surface area contributed by atoms with E-state index in [9.17, 15) is 9.59 Å². The van der Waals surface area contributed by atoms with Gasteiger partial charge in [0.25, 0.3) is 5.91 Å². The molecule has 0 atom stereocenters. The van der Waals surface area contributed by atoms with E-state index in [1.165, 1.54) is 11.3 Å². The first-order valence-corrected chi connectivity index (χ1v) is 5.93. The summed E-state index contributed by atoms with van der Waals surface area (Å²) in [6.45, 7) is 1.87. The maximum Gasteiger partial charge on any atom is 0.267 e. The molecule has 0 saturated carbocycles. The molecule has 2 heterocycles. The van der Waals surface area contributed by atoms with Crippen LogP contribution in [0.15, 0.2) is 34.3 Å². The number of allylic oxidation sites excluding steroid dienone is 1. The van der Waals surface area contributed by atoms with Crippen LogP contribution in [-0.2, 0) is 4.79 Å². The molecule has 4 nitrogen and oxygen atoms in total. The average molecular weight is 246 g/mol. The van der Waals surface area contributed by atoms with Crippen LogP contribution in [0, 0.1) is 6.92 Å². The lowest BCUT2D eigenvalue weighted by molar-refractivity contribution is 0.0980. The lowest BCUT2D eigenvalue weighted by atomic mass is 10.1. The van der Waals surface area contributed by atoms with Crippen LogP contribution in [0.2, 0.25) is 0 Å². The van der Waals surface area contributed by atoms with E-state index in [1.807, 2.05) is 18.4 Å². The summed E-state index contributed by atoms with van der Waals surface area (Å²) in [4.78, 5) is 27.2. The fraction of sp³-hybridized carbons (Fsp3) is 0.167. The van der Waals surface area contributed by atoms with Crippen molar-refractivity contribution in [3.05, 3.63) is 39.7 Å². The second-order valence-corrected chi connectivity index (χ2v) is 4.45. The Morgan fingerprint density at radius 1 is 1.59 bits per heavy atom. The maximum atomic E-state index is 11.9. The summed E-state index contributed by atoms with van der Waals surface area (Å²) in [5, 5.41) is 4.48. The summed E-state index contributed by atoms with van der Waals surface area (Å²) in [6.07, 6.45) is 3.76. The van der Waals surface area contributed by atoms with Crippen LogP contribution < -0.4 is 5.32 Å². The molecule has 0 radical (unpaired) electrons. The lowest BCUT2D eigenvalue weighted by Crippen LogP contribution is -2.32. The van der Waals surface area contributed by atoms with Crippen LogP contribution in [0.4, 0.5) is 0 Å². The van der Waals surface area contributed by atoms with Gasteiger partial charge in [0.1, 0.15) is 11.8 Å². The third-order valence-electron chi connectivity index (χ3n) is 2.34. The Morgan fingerprint density at radius 3 is 3.06 bits per heavy atom. The van der Waals surface area contributed by atoms with Crippen LogP contribution in [-0.4, -0.2) is 17.7 Å². The normalized spacial score (nSPS) is 14.2. The molecular formula is C12H10N2O2S. The van der Waals surface area contributed by atoms with E-state index in [-0.39, 0.29) is 5.91 Å². The number of thiophene rings is 1. The van der Waals surface area contributed by atoms with Crippen LogP contribution in [0.5, 0.6) is 0 Å². The number of rotatable bonds is 1. The molecule has 1 aliphatic heterocycles. The zero-order chi connectivity index (χ0) is 12.3. The lowest BCUT2D eigenvalue weighted by Gasteiger charge is -2.10. The molecule has 2 rings (SSSR count). The minimum Gasteiger partial charge on any atom is -0.305 e. The van der Waals surface area contributed by atoms with Gasteiger partial charge in [-0.15, -0.1) is 11.3 Å². The van der Waals surface area contributed by atoms with Crippen molar-refractivity contribution in [3.8, 4) is 0 Å². The number of aryl methyl sites for hydroxylation is 1. The van der Waals surface area contributed by atoms with Crippen LogP contribution >= 0.6 is 11.3 Å². The predicted molar refractivity (Wildman–Crippen MR) is 66.9 cm³/mol. The van der Waals surface area contributed by atoms with Gasteiger partial charge in [-0.2, -0.15) is 0 Å². The summed E-state index contributed by atoms with van der Waals surface area (Å²) in [6, 6.07) is 1.87. The summed E-state index contributed by atoms with van der Waals surface area (Å²) < 4.78 is 0. The molecule has 0 spiro atoms. The fourth-order valence-corrected chi connectivity index (χ4v) is 2.26. The van der Waals surface area contributed by atoms with Crippen molar-refractivity contribution in [2.75, 3.05) is 0 Å². The largest absolute Gasteiger partial charge is 0.305 e. The smallest absolute Gasteiger partial charge is 0.267 e. The first kappa shape index (κ1) is 11.5.